The van der Waals surface area contributed by atoms with E-state index in [4.69, 9.17) is 0 Å². The van der Waals surface area contributed by atoms with Gasteiger partial charge in [-0.15, -0.1) is 5.10 Å². The summed E-state index contributed by atoms with van der Waals surface area (Å²) in [4.78, 5) is 14.2. The van der Waals surface area contributed by atoms with E-state index in [0.717, 1.165) is 5.56 Å². The van der Waals surface area contributed by atoms with Gasteiger partial charge in [0.2, 0.25) is 0 Å². The molecule has 12 heteroatoms. The highest BCUT2D eigenvalue weighted by Gasteiger charge is 2.32. The number of amides is 2. The van der Waals surface area contributed by atoms with E-state index in [1.54, 1.807) is 28.8 Å². The van der Waals surface area contributed by atoms with Crippen LogP contribution in [0.4, 0.5) is 10.5 Å². The molecule has 2 heterocycles. The second-order valence-corrected chi connectivity index (χ2v) is 8.54. The molecule has 158 valence electrons. The average molecular weight is 423 g/mol. The van der Waals surface area contributed by atoms with Crippen LogP contribution < -0.4 is 5.32 Å². The summed E-state index contributed by atoms with van der Waals surface area (Å²) in [7, 11) is -1.74. The Bertz CT molecular complexity index is 949. The lowest BCUT2D eigenvalue weighted by Gasteiger charge is -2.36. The number of nitrogens with zero attached hydrogens (tertiary/aromatic N) is 7. The lowest BCUT2D eigenvalue weighted by Crippen LogP contribution is -2.54. The molecule has 1 aromatic heterocycles. The molecule has 1 N–H and O–H groups in total. The van der Waals surface area contributed by atoms with Crippen LogP contribution in [-0.4, -0.2) is 87.4 Å². The molecule has 1 fully saturated rings. The van der Waals surface area contributed by atoms with E-state index in [9.17, 15) is 13.2 Å². The van der Waals surface area contributed by atoms with Crippen molar-refractivity contribution in [1.82, 2.24) is 33.7 Å². The fourth-order valence-electron chi connectivity index (χ4n) is 3.25. The molecule has 3 rings (SSSR count). The van der Waals surface area contributed by atoms with Crippen molar-refractivity contribution < 1.29 is 13.2 Å². The Morgan fingerprint density at radius 2 is 1.86 bits per heavy atom. The molecule has 0 atom stereocenters. The number of tetrazole rings is 1. The minimum absolute atomic E-state index is 0.266. The van der Waals surface area contributed by atoms with Gasteiger partial charge < -0.3 is 10.2 Å². The van der Waals surface area contributed by atoms with Gasteiger partial charge in [-0.1, -0.05) is 26.0 Å². The van der Waals surface area contributed by atoms with E-state index >= 15 is 0 Å². The van der Waals surface area contributed by atoms with Crippen molar-refractivity contribution in [3.05, 3.63) is 24.3 Å². The van der Waals surface area contributed by atoms with E-state index in [2.05, 4.69) is 20.8 Å². The molecule has 1 aliphatic rings. The summed E-state index contributed by atoms with van der Waals surface area (Å²) >= 11 is 0. The van der Waals surface area contributed by atoms with Gasteiger partial charge in [-0.25, -0.2) is 9.48 Å². The first kappa shape index (κ1) is 21.1. The van der Waals surface area contributed by atoms with Crippen molar-refractivity contribution >= 4 is 21.9 Å². The number of aromatic nitrogens is 4. The summed E-state index contributed by atoms with van der Waals surface area (Å²) in [6.07, 6.45) is 0. The summed E-state index contributed by atoms with van der Waals surface area (Å²) in [5.74, 6) is 0.594. The van der Waals surface area contributed by atoms with Gasteiger partial charge in [-0.3, -0.25) is 0 Å². The molecule has 2 aromatic rings. The van der Waals surface area contributed by atoms with Crippen LogP contribution in [0.25, 0.3) is 11.4 Å². The van der Waals surface area contributed by atoms with Crippen molar-refractivity contribution in [2.24, 2.45) is 7.05 Å². The number of piperazine rings is 1. The molecular formula is C17H26N8O3S. The Hall–Kier alpha value is -2.57. The van der Waals surface area contributed by atoms with Gasteiger partial charge in [0.15, 0.2) is 5.82 Å². The van der Waals surface area contributed by atoms with Crippen molar-refractivity contribution in [3.63, 3.8) is 0 Å². The van der Waals surface area contributed by atoms with Crippen LogP contribution in [-0.2, 0) is 17.3 Å². The van der Waals surface area contributed by atoms with E-state index in [0.29, 0.717) is 37.7 Å². The van der Waals surface area contributed by atoms with Crippen LogP contribution in [0, 0.1) is 0 Å². The summed E-state index contributed by atoms with van der Waals surface area (Å²) < 4.78 is 29.6. The smallest absolute Gasteiger partial charge is 0.321 e. The third-order valence-electron chi connectivity index (χ3n) is 4.88. The number of benzene rings is 1. The zero-order valence-electron chi connectivity index (χ0n) is 16.8. The van der Waals surface area contributed by atoms with Gasteiger partial charge in [0.1, 0.15) is 0 Å². The fraction of sp³-hybridized carbons (Fsp3) is 0.529. The quantitative estimate of drug-likeness (QED) is 0.729. The number of nitrogens with one attached hydrogen (secondary N) is 1. The first-order chi connectivity index (χ1) is 13.9. The Kier molecular flexibility index (Phi) is 6.45. The molecule has 0 saturated carbocycles. The van der Waals surface area contributed by atoms with Crippen molar-refractivity contribution in [2.45, 2.75) is 13.8 Å². The van der Waals surface area contributed by atoms with Gasteiger partial charge in [0.25, 0.3) is 10.2 Å². The second kappa shape index (κ2) is 8.84. The molecule has 0 aliphatic carbocycles. The maximum Gasteiger partial charge on any atom is 0.321 e. The minimum Gasteiger partial charge on any atom is -0.322 e. The second-order valence-electron chi connectivity index (χ2n) is 6.62. The highest BCUT2D eigenvalue weighted by atomic mass is 32.2. The van der Waals surface area contributed by atoms with Crippen LogP contribution in [0.5, 0.6) is 0 Å². The number of hydrogen-bond donors (Lipinski definition) is 1. The van der Waals surface area contributed by atoms with Crippen molar-refractivity contribution in [1.29, 1.82) is 0 Å². The van der Waals surface area contributed by atoms with Crippen LogP contribution in [0.2, 0.25) is 0 Å². The standard InChI is InChI=1S/C17H26N8O3S/c1-4-24(5-2)29(27,28)25-11-9-23(10-12-25)17(26)18-15-8-6-7-14(13-15)16-19-20-21-22(16)3/h6-8,13H,4-5,9-12H2,1-3H3,(H,18,26). The summed E-state index contributed by atoms with van der Waals surface area (Å²) in [6, 6.07) is 6.99. The number of carbonyl (C=O) groups excluding carboxylic acids is 1. The zero-order valence-corrected chi connectivity index (χ0v) is 17.6. The number of aryl methyl sites for hydroxylation is 1. The molecule has 0 unspecified atom stereocenters. The number of urea groups is 1. The first-order valence-corrected chi connectivity index (χ1v) is 10.9. The Balaban J connectivity index is 1.61. The number of anilines is 1. The van der Waals surface area contributed by atoms with Crippen molar-refractivity contribution in [2.75, 3.05) is 44.6 Å². The minimum atomic E-state index is -3.48. The summed E-state index contributed by atoms with van der Waals surface area (Å²) in [6.45, 7) is 5.70. The maximum atomic E-state index is 12.6. The normalized spacial score (nSPS) is 15.7. The van der Waals surface area contributed by atoms with Gasteiger partial charge in [0.05, 0.1) is 0 Å². The predicted molar refractivity (Wildman–Crippen MR) is 108 cm³/mol. The molecule has 0 spiro atoms. The number of carbonyl (C=O) groups is 1. The molecule has 1 aliphatic heterocycles. The molecular weight excluding hydrogens is 396 g/mol. The monoisotopic (exact) mass is 422 g/mol. The SMILES string of the molecule is CCN(CC)S(=O)(=O)N1CCN(C(=O)Nc2cccc(-c3nnnn3C)c2)CC1. The Labute approximate surface area is 170 Å². The molecule has 1 aromatic carbocycles. The van der Waals surface area contributed by atoms with Crippen LogP contribution in [0.15, 0.2) is 24.3 Å². The lowest BCUT2D eigenvalue weighted by molar-refractivity contribution is 0.181. The largest absolute Gasteiger partial charge is 0.322 e. The van der Waals surface area contributed by atoms with Crippen LogP contribution in [0.3, 0.4) is 0 Å². The summed E-state index contributed by atoms with van der Waals surface area (Å²) in [5, 5.41) is 14.3. The average Bonchev–Trinajstić information content (AvgIpc) is 3.15. The van der Waals surface area contributed by atoms with E-state index < -0.39 is 10.2 Å². The Morgan fingerprint density at radius 1 is 1.17 bits per heavy atom. The number of hydrogen-bond acceptors (Lipinski definition) is 6. The Morgan fingerprint density at radius 3 is 2.45 bits per heavy atom. The molecule has 1 saturated heterocycles. The molecule has 0 bridgehead atoms. The van der Waals surface area contributed by atoms with Crippen molar-refractivity contribution in [3.8, 4) is 11.4 Å². The molecule has 2 amide bonds. The van der Waals surface area contributed by atoms with E-state index in [-0.39, 0.29) is 19.1 Å². The lowest BCUT2D eigenvalue weighted by atomic mass is 10.2. The molecule has 11 nitrogen and oxygen atoms in total. The third kappa shape index (κ3) is 4.54. The maximum absolute atomic E-state index is 12.6. The molecule has 0 radical (unpaired) electrons. The highest BCUT2D eigenvalue weighted by molar-refractivity contribution is 7.86. The highest BCUT2D eigenvalue weighted by Crippen LogP contribution is 2.20. The van der Waals surface area contributed by atoms with Gasteiger partial charge >= 0.3 is 6.03 Å². The van der Waals surface area contributed by atoms with Gasteiger partial charge in [-0.2, -0.15) is 17.0 Å². The molecule has 29 heavy (non-hydrogen) atoms. The third-order valence-corrected chi connectivity index (χ3v) is 7.06. The predicted octanol–water partition coefficient (Wildman–Crippen LogP) is 0.613. The zero-order chi connectivity index (χ0) is 21.0. The van der Waals surface area contributed by atoms with E-state index in [1.807, 2.05) is 26.0 Å². The van der Waals surface area contributed by atoms with E-state index in [1.165, 1.54) is 8.61 Å². The van der Waals surface area contributed by atoms with Crippen LogP contribution in [0.1, 0.15) is 13.8 Å². The fourth-order valence-corrected chi connectivity index (χ4v) is 4.85. The first-order valence-electron chi connectivity index (χ1n) is 9.50. The van der Waals surface area contributed by atoms with Gasteiger partial charge in [0, 0.05) is 57.6 Å². The van der Waals surface area contributed by atoms with Gasteiger partial charge in [-0.05, 0) is 22.6 Å². The topological polar surface area (TPSA) is 117 Å². The summed E-state index contributed by atoms with van der Waals surface area (Å²) in [5.41, 5.74) is 1.40. The number of rotatable bonds is 6. The van der Waals surface area contributed by atoms with Crippen LogP contribution >= 0.6 is 0 Å².